The molecule has 140 valence electrons. The van der Waals surface area contributed by atoms with E-state index in [1.165, 1.54) is 0 Å². The summed E-state index contributed by atoms with van der Waals surface area (Å²) in [5.41, 5.74) is 3.05. The van der Waals surface area contributed by atoms with E-state index in [1.807, 2.05) is 37.3 Å². The highest BCUT2D eigenvalue weighted by Crippen LogP contribution is 2.33. The summed E-state index contributed by atoms with van der Waals surface area (Å²) in [5.74, 6) is 0.256. The minimum Gasteiger partial charge on any atom is -0.460 e. The van der Waals surface area contributed by atoms with E-state index < -0.39 is 37.3 Å². The van der Waals surface area contributed by atoms with E-state index in [0.717, 1.165) is 16.7 Å². The molecule has 5 atom stereocenters. The number of aliphatic hydroxyl groups is 4. The minimum atomic E-state index is -1.50. The molecule has 0 unspecified atom stereocenters. The van der Waals surface area contributed by atoms with E-state index >= 15 is 0 Å². The molecule has 0 amide bonds. The second-order valence-corrected chi connectivity index (χ2v) is 6.73. The molecule has 4 N–H and O–H groups in total. The molecule has 0 radical (unpaired) electrons. The normalized spacial score (nSPS) is 28.8. The summed E-state index contributed by atoms with van der Waals surface area (Å²) in [5, 5.41) is 39.2. The predicted molar refractivity (Wildman–Crippen MR) is 96.0 cm³/mol. The summed E-state index contributed by atoms with van der Waals surface area (Å²) < 4.78 is 10.9. The molecular weight excluding hydrogens is 360 g/mol. The van der Waals surface area contributed by atoms with Crippen molar-refractivity contribution in [2.24, 2.45) is 0 Å². The molecule has 6 nitrogen and oxygen atoms in total. The summed E-state index contributed by atoms with van der Waals surface area (Å²) in [4.78, 5) is 0. The second-order valence-electron chi connectivity index (χ2n) is 6.33. The highest BCUT2D eigenvalue weighted by molar-refractivity contribution is 6.32. The van der Waals surface area contributed by atoms with Crippen molar-refractivity contribution in [3.8, 4) is 16.9 Å². The Bertz CT molecular complexity index is 748. The van der Waals surface area contributed by atoms with Crippen molar-refractivity contribution in [2.75, 3.05) is 6.61 Å². The topological polar surface area (TPSA) is 99.4 Å². The molecular formula is C19H21ClO6. The number of aliphatic hydroxyl groups excluding tert-OH is 4. The fraction of sp³-hybridized carbons (Fsp3) is 0.368. The van der Waals surface area contributed by atoms with Gasteiger partial charge in [0.15, 0.2) is 0 Å². The number of hydrogen-bond donors (Lipinski definition) is 4. The number of rotatable bonds is 4. The zero-order valence-electron chi connectivity index (χ0n) is 14.1. The van der Waals surface area contributed by atoms with Crippen molar-refractivity contribution in [3.63, 3.8) is 0 Å². The molecule has 26 heavy (non-hydrogen) atoms. The molecule has 2 aromatic rings. The van der Waals surface area contributed by atoms with Crippen molar-refractivity contribution in [1.29, 1.82) is 0 Å². The second kappa shape index (κ2) is 7.92. The molecule has 7 heteroatoms. The maximum absolute atomic E-state index is 10.0. The Morgan fingerprint density at radius 1 is 0.962 bits per heavy atom. The van der Waals surface area contributed by atoms with Crippen LogP contribution in [-0.2, 0) is 4.74 Å². The molecule has 3 rings (SSSR count). The molecule has 1 aliphatic rings. The Hall–Kier alpha value is -1.67. The third kappa shape index (κ3) is 3.86. The molecule has 0 bridgehead atoms. The molecule has 0 aliphatic carbocycles. The van der Waals surface area contributed by atoms with Crippen molar-refractivity contribution in [2.45, 2.75) is 37.6 Å². The van der Waals surface area contributed by atoms with E-state index in [2.05, 4.69) is 0 Å². The first kappa shape index (κ1) is 19.1. The number of ether oxygens (including phenoxy) is 2. The van der Waals surface area contributed by atoms with Crippen molar-refractivity contribution in [1.82, 2.24) is 0 Å². The van der Waals surface area contributed by atoms with Crippen LogP contribution >= 0.6 is 11.6 Å². The summed E-state index contributed by atoms with van der Waals surface area (Å²) in [6.45, 7) is 1.49. The maximum Gasteiger partial charge on any atom is 0.229 e. The van der Waals surface area contributed by atoms with Gasteiger partial charge in [0.05, 0.1) is 11.6 Å². The lowest BCUT2D eigenvalue weighted by Gasteiger charge is -2.39. The Morgan fingerprint density at radius 3 is 2.23 bits per heavy atom. The van der Waals surface area contributed by atoms with Crippen molar-refractivity contribution in [3.05, 3.63) is 53.1 Å². The molecule has 1 fully saturated rings. The van der Waals surface area contributed by atoms with E-state index in [4.69, 9.17) is 21.1 Å². The Balaban J connectivity index is 1.78. The maximum atomic E-state index is 10.0. The van der Waals surface area contributed by atoms with Crippen LogP contribution in [0.3, 0.4) is 0 Å². The summed E-state index contributed by atoms with van der Waals surface area (Å²) in [6.07, 6.45) is -6.73. The average Bonchev–Trinajstić information content (AvgIpc) is 2.64. The zero-order valence-corrected chi connectivity index (χ0v) is 14.9. The van der Waals surface area contributed by atoms with E-state index in [0.29, 0.717) is 5.02 Å². The smallest absolute Gasteiger partial charge is 0.229 e. The van der Waals surface area contributed by atoms with Crippen molar-refractivity contribution < 1.29 is 29.9 Å². The standard InChI is InChI=1S/C19H21ClO6/c1-10-2-4-11(5-3-10)12-6-7-14(13(20)8-12)25-19-18(24)17(23)16(22)15(9-21)26-19/h2-8,15-19,21-24H,9H2,1H3/t15-,16-,17+,18+,19+/m1/s1. The van der Waals surface area contributed by atoms with Gasteiger partial charge in [0.25, 0.3) is 0 Å². The SMILES string of the molecule is Cc1ccc(-c2ccc(O[C@H]3O[C@H](CO)[C@@H](O)[C@H](O)[C@@H]3O)c(Cl)c2)cc1. The van der Waals surface area contributed by atoms with Gasteiger partial charge in [0.1, 0.15) is 30.2 Å². The first-order valence-electron chi connectivity index (χ1n) is 8.24. The molecule has 1 aliphatic heterocycles. The van der Waals surface area contributed by atoms with E-state index in [1.54, 1.807) is 12.1 Å². The number of halogens is 1. The first-order chi connectivity index (χ1) is 12.4. The van der Waals surface area contributed by atoms with Gasteiger partial charge in [-0.05, 0) is 30.2 Å². The van der Waals surface area contributed by atoms with Gasteiger partial charge in [-0.1, -0.05) is 47.5 Å². The third-order valence-electron chi connectivity index (χ3n) is 4.41. The fourth-order valence-electron chi connectivity index (χ4n) is 2.81. The highest BCUT2D eigenvalue weighted by Gasteiger charge is 2.44. The number of benzene rings is 2. The average molecular weight is 381 g/mol. The van der Waals surface area contributed by atoms with Gasteiger partial charge in [-0.25, -0.2) is 0 Å². The minimum absolute atomic E-state index is 0.256. The van der Waals surface area contributed by atoms with Crippen LogP contribution in [0.4, 0.5) is 0 Å². The summed E-state index contributed by atoms with van der Waals surface area (Å²) in [6, 6.07) is 13.2. The quantitative estimate of drug-likeness (QED) is 0.641. The van der Waals surface area contributed by atoms with Gasteiger partial charge in [0.2, 0.25) is 6.29 Å². The molecule has 0 saturated carbocycles. The number of hydrogen-bond acceptors (Lipinski definition) is 6. The predicted octanol–water partition coefficient (Wildman–Crippen LogP) is 1.49. The lowest BCUT2D eigenvalue weighted by Crippen LogP contribution is -2.60. The molecule has 0 spiro atoms. The van der Waals surface area contributed by atoms with Crippen LogP contribution in [-0.4, -0.2) is 57.7 Å². The molecule has 2 aromatic carbocycles. The number of aryl methyl sites for hydroxylation is 1. The van der Waals surface area contributed by atoms with Crippen LogP contribution in [0.5, 0.6) is 5.75 Å². The van der Waals surface area contributed by atoms with Gasteiger partial charge in [-0.2, -0.15) is 0 Å². The highest BCUT2D eigenvalue weighted by atomic mass is 35.5. The van der Waals surface area contributed by atoms with Crippen LogP contribution in [0.25, 0.3) is 11.1 Å². The van der Waals surface area contributed by atoms with E-state index in [-0.39, 0.29) is 5.75 Å². The Kier molecular flexibility index (Phi) is 5.82. The van der Waals surface area contributed by atoms with E-state index in [9.17, 15) is 20.4 Å². The largest absolute Gasteiger partial charge is 0.460 e. The van der Waals surface area contributed by atoms with Crippen molar-refractivity contribution >= 4 is 11.6 Å². The van der Waals surface area contributed by atoms with Crippen LogP contribution in [0.2, 0.25) is 5.02 Å². The molecule has 1 saturated heterocycles. The fourth-order valence-corrected chi connectivity index (χ4v) is 3.04. The lowest BCUT2D eigenvalue weighted by molar-refractivity contribution is -0.277. The zero-order chi connectivity index (χ0) is 18.8. The van der Waals surface area contributed by atoms with Crippen LogP contribution in [0.15, 0.2) is 42.5 Å². The Morgan fingerprint density at radius 2 is 1.62 bits per heavy atom. The monoisotopic (exact) mass is 380 g/mol. The van der Waals surface area contributed by atoms with Crippen LogP contribution < -0.4 is 4.74 Å². The Labute approximate surface area is 156 Å². The third-order valence-corrected chi connectivity index (χ3v) is 4.70. The van der Waals surface area contributed by atoms with Gasteiger partial charge in [-0.15, -0.1) is 0 Å². The first-order valence-corrected chi connectivity index (χ1v) is 8.62. The molecule has 0 aromatic heterocycles. The summed E-state index contributed by atoms with van der Waals surface area (Å²) >= 11 is 6.29. The van der Waals surface area contributed by atoms with Gasteiger partial charge in [-0.3, -0.25) is 0 Å². The summed E-state index contributed by atoms with van der Waals surface area (Å²) in [7, 11) is 0. The lowest BCUT2D eigenvalue weighted by atomic mass is 9.99. The van der Waals surface area contributed by atoms with Gasteiger partial charge in [0, 0.05) is 0 Å². The van der Waals surface area contributed by atoms with Gasteiger partial charge >= 0.3 is 0 Å². The van der Waals surface area contributed by atoms with Gasteiger partial charge < -0.3 is 29.9 Å². The van der Waals surface area contributed by atoms with Crippen LogP contribution in [0, 0.1) is 6.92 Å². The molecule has 1 heterocycles. The van der Waals surface area contributed by atoms with Crippen LogP contribution in [0.1, 0.15) is 5.56 Å².